The van der Waals surface area contributed by atoms with Crippen LogP contribution in [0.1, 0.15) is 15.9 Å². The summed E-state index contributed by atoms with van der Waals surface area (Å²) in [6.45, 7) is 0.287. The summed E-state index contributed by atoms with van der Waals surface area (Å²) in [7, 11) is 2.90. The molecule has 0 aliphatic carbocycles. The number of carbonyl (C=O) groups excluding carboxylic acids is 1. The highest BCUT2D eigenvalue weighted by Crippen LogP contribution is 2.32. The van der Waals surface area contributed by atoms with Crippen molar-refractivity contribution in [2.24, 2.45) is 0 Å². The third kappa shape index (κ3) is 4.82. The number of nitrogens with one attached hydrogen (secondary N) is 1. The average molecular weight is 409 g/mol. The molecule has 0 fully saturated rings. The van der Waals surface area contributed by atoms with Crippen LogP contribution in [-0.4, -0.2) is 30.0 Å². The Morgan fingerprint density at radius 1 is 1.00 bits per heavy atom. The average Bonchev–Trinajstić information content (AvgIpc) is 2.78. The van der Waals surface area contributed by atoms with Crippen LogP contribution in [0.15, 0.2) is 60.9 Å². The Balaban J connectivity index is 1.82. The van der Waals surface area contributed by atoms with E-state index in [1.165, 1.54) is 32.4 Å². The van der Waals surface area contributed by atoms with E-state index in [1.54, 1.807) is 30.6 Å². The maximum Gasteiger partial charge on any atom is 0.270 e. The molecule has 2 aromatic carbocycles. The third-order valence-electron chi connectivity index (χ3n) is 4.20. The smallest absolute Gasteiger partial charge is 0.270 e. The topological polar surface area (TPSA) is 113 Å². The van der Waals surface area contributed by atoms with Crippen LogP contribution >= 0.6 is 0 Å². The van der Waals surface area contributed by atoms with Gasteiger partial charge in [-0.15, -0.1) is 0 Å². The second kappa shape index (κ2) is 9.37. The van der Waals surface area contributed by atoms with Gasteiger partial charge in [-0.05, 0) is 35.9 Å². The first-order valence-corrected chi connectivity index (χ1v) is 8.85. The van der Waals surface area contributed by atoms with Gasteiger partial charge in [0.25, 0.3) is 11.6 Å². The summed E-state index contributed by atoms with van der Waals surface area (Å²) in [5, 5.41) is 13.7. The Morgan fingerprint density at radius 2 is 1.70 bits per heavy atom. The highest BCUT2D eigenvalue weighted by atomic mass is 16.6. The van der Waals surface area contributed by atoms with Crippen LogP contribution in [0.5, 0.6) is 17.2 Å². The lowest BCUT2D eigenvalue weighted by Crippen LogP contribution is -2.13. The highest BCUT2D eigenvalue weighted by molar-refractivity contribution is 6.06. The number of nitrogens with zero attached hydrogens (tertiary/aromatic N) is 2. The van der Waals surface area contributed by atoms with Gasteiger partial charge in [0.1, 0.15) is 12.4 Å². The van der Waals surface area contributed by atoms with Gasteiger partial charge in [0.05, 0.1) is 24.7 Å². The van der Waals surface area contributed by atoms with Crippen LogP contribution < -0.4 is 19.5 Å². The quantitative estimate of drug-likeness (QED) is 0.444. The van der Waals surface area contributed by atoms with Crippen LogP contribution in [-0.2, 0) is 6.61 Å². The number of pyridine rings is 1. The number of nitro benzene ring substituents is 1. The number of ether oxygens (including phenoxy) is 3. The number of hydrogen-bond donors (Lipinski definition) is 1. The predicted octanol–water partition coefficient (Wildman–Crippen LogP) is 3.84. The van der Waals surface area contributed by atoms with E-state index in [9.17, 15) is 14.9 Å². The minimum atomic E-state index is -0.575. The lowest BCUT2D eigenvalue weighted by Gasteiger charge is -2.14. The molecule has 1 heterocycles. The number of aromatic nitrogens is 1. The molecule has 3 rings (SSSR count). The van der Waals surface area contributed by atoms with Crippen molar-refractivity contribution in [1.29, 1.82) is 0 Å². The first kappa shape index (κ1) is 20.6. The summed E-state index contributed by atoms with van der Waals surface area (Å²) in [4.78, 5) is 27.1. The van der Waals surface area contributed by atoms with Crippen molar-refractivity contribution in [2.75, 3.05) is 19.5 Å². The van der Waals surface area contributed by atoms with Gasteiger partial charge in [0.15, 0.2) is 11.5 Å². The molecule has 0 saturated carbocycles. The molecule has 0 spiro atoms. The van der Waals surface area contributed by atoms with Crippen molar-refractivity contribution in [3.8, 4) is 17.2 Å². The summed E-state index contributed by atoms with van der Waals surface area (Å²) in [6, 6.07) is 12.4. The molecule has 9 heteroatoms. The molecule has 0 unspecified atom stereocenters. The van der Waals surface area contributed by atoms with Gasteiger partial charge in [-0.3, -0.25) is 19.9 Å². The van der Waals surface area contributed by atoms with Gasteiger partial charge >= 0.3 is 0 Å². The van der Waals surface area contributed by atoms with Gasteiger partial charge in [0.2, 0.25) is 0 Å². The Bertz CT molecular complexity index is 1060. The molecule has 1 amide bonds. The summed E-state index contributed by atoms with van der Waals surface area (Å²) in [5.74, 6) is 0.592. The molecule has 1 aromatic heterocycles. The molecule has 30 heavy (non-hydrogen) atoms. The van der Waals surface area contributed by atoms with Crippen molar-refractivity contribution in [1.82, 2.24) is 4.98 Å². The monoisotopic (exact) mass is 409 g/mol. The van der Waals surface area contributed by atoms with Crippen molar-refractivity contribution in [3.05, 3.63) is 82.2 Å². The number of amides is 1. The first-order valence-electron chi connectivity index (χ1n) is 8.85. The number of carbonyl (C=O) groups is 1. The van der Waals surface area contributed by atoms with Gasteiger partial charge in [-0.25, -0.2) is 0 Å². The number of non-ortho nitro benzene ring substituents is 1. The van der Waals surface area contributed by atoms with Crippen LogP contribution in [0.3, 0.4) is 0 Å². The van der Waals surface area contributed by atoms with E-state index >= 15 is 0 Å². The SMILES string of the molecule is COc1ccc(NC(=O)c2cc([N+](=O)[O-])ccc2OC)cc1OCc1ccncc1. The number of nitro groups is 1. The summed E-state index contributed by atoms with van der Waals surface area (Å²) in [5.41, 5.74) is 1.18. The number of anilines is 1. The maximum absolute atomic E-state index is 12.7. The Labute approximate surface area is 172 Å². The number of rotatable bonds is 8. The minimum Gasteiger partial charge on any atom is -0.496 e. The van der Waals surface area contributed by atoms with Crippen molar-refractivity contribution >= 4 is 17.3 Å². The van der Waals surface area contributed by atoms with Crippen LogP contribution in [0, 0.1) is 10.1 Å². The van der Waals surface area contributed by atoms with E-state index < -0.39 is 10.8 Å². The van der Waals surface area contributed by atoms with Crippen molar-refractivity contribution in [3.63, 3.8) is 0 Å². The molecule has 0 aliphatic rings. The standard InChI is InChI=1S/C21H19N3O6/c1-28-18-6-4-16(24(26)27)12-17(18)21(25)23-15-3-5-19(29-2)20(11-15)30-13-14-7-9-22-10-8-14/h3-12H,13H2,1-2H3,(H,23,25). The second-order valence-corrected chi connectivity index (χ2v) is 6.11. The fourth-order valence-electron chi connectivity index (χ4n) is 2.69. The van der Waals surface area contributed by atoms with Gasteiger partial charge in [-0.2, -0.15) is 0 Å². The Morgan fingerprint density at radius 3 is 2.37 bits per heavy atom. The highest BCUT2D eigenvalue weighted by Gasteiger charge is 2.18. The van der Waals surface area contributed by atoms with Gasteiger partial charge in [-0.1, -0.05) is 0 Å². The van der Waals surface area contributed by atoms with E-state index in [2.05, 4.69) is 10.3 Å². The zero-order valence-corrected chi connectivity index (χ0v) is 16.3. The molecule has 0 bridgehead atoms. The first-order chi connectivity index (χ1) is 14.5. The number of hydrogen-bond acceptors (Lipinski definition) is 7. The summed E-state index contributed by atoms with van der Waals surface area (Å²) < 4.78 is 16.3. The molecule has 0 radical (unpaired) electrons. The summed E-state index contributed by atoms with van der Waals surface area (Å²) in [6.07, 6.45) is 3.33. The third-order valence-corrected chi connectivity index (χ3v) is 4.20. The van der Waals surface area contributed by atoms with E-state index in [0.717, 1.165) is 5.56 Å². The molecular formula is C21H19N3O6. The zero-order chi connectivity index (χ0) is 21.5. The predicted molar refractivity (Wildman–Crippen MR) is 109 cm³/mol. The minimum absolute atomic E-state index is 0.0433. The number of methoxy groups -OCH3 is 2. The van der Waals surface area contributed by atoms with E-state index in [0.29, 0.717) is 17.2 Å². The van der Waals surface area contributed by atoms with Crippen molar-refractivity contribution in [2.45, 2.75) is 6.61 Å². The second-order valence-electron chi connectivity index (χ2n) is 6.11. The molecule has 3 aromatic rings. The van der Waals surface area contributed by atoms with Crippen molar-refractivity contribution < 1.29 is 23.9 Å². The molecule has 0 saturated heterocycles. The lowest BCUT2D eigenvalue weighted by molar-refractivity contribution is -0.384. The lowest BCUT2D eigenvalue weighted by atomic mass is 10.1. The maximum atomic E-state index is 12.7. The van der Waals surface area contributed by atoms with Crippen LogP contribution in [0.25, 0.3) is 0 Å². The van der Waals surface area contributed by atoms with E-state index in [4.69, 9.17) is 14.2 Å². The Hall–Kier alpha value is -4.14. The van der Waals surface area contributed by atoms with Gasteiger partial charge < -0.3 is 19.5 Å². The molecule has 0 aliphatic heterocycles. The fourth-order valence-corrected chi connectivity index (χ4v) is 2.69. The van der Waals surface area contributed by atoms with E-state index in [1.807, 2.05) is 12.1 Å². The number of benzene rings is 2. The van der Waals surface area contributed by atoms with Crippen LogP contribution in [0.2, 0.25) is 0 Å². The molecule has 0 atom stereocenters. The van der Waals surface area contributed by atoms with Gasteiger partial charge in [0, 0.05) is 36.3 Å². The van der Waals surface area contributed by atoms with Crippen LogP contribution in [0.4, 0.5) is 11.4 Å². The molecule has 1 N–H and O–H groups in total. The normalized spacial score (nSPS) is 10.2. The Kier molecular flexibility index (Phi) is 6.43. The zero-order valence-electron chi connectivity index (χ0n) is 16.3. The molecule has 9 nitrogen and oxygen atoms in total. The fraction of sp³-hybridized carbons (Fsp3) is 0.143. The molecular weight excluding hydrogens is 390 g/mol. The molecule has 154 valence electrons. The van der Waals surface area contributed by atoms with E-state index in [-0.39, 0.29) is 23.6 Å². The largest absolute Gasteiger partial charge is 0.496 e. The summed E-state index contributed by atoms with van der Waals surface area (Å²) >= 11 is 0.